The number of fused-ring (bicyclic) bond motifs is 1. The van der Waals surface area contributed by atoms with Gasteiger partial charge in [0.1, 0.15) is 0 Å². The Balaban J connectivity index is 1.72. The lowest BCUT2D eigenvalue weighted by Gasteiger charge is -2.09. The average Bonchev–Trinajstić information content (AvgIpc) is 2.76. The summed E-state index contributed by atoms with van der Waals surface area (Å²) in [4.78, 5) is 3.68. The molecular weight excluding hydrogens is 236 g/mol. The summed E-state index contributed by atoms with van der Waals surface area (Å²) in [5.41, 5.74) is 0. The van der Waals surface area contributed by atoms with E-state index in [9.17, 15) is 0 Å². The molecule has 0 atom stereocenters. The van der Waals surface area contributed by atoms with Crippen LogP contribution in [-0.2, 0) is 6.54 Å². The first kappa shape index (κ1) is 12.0. The predicted molar refractivity (Wildman–Crippen MR) is 74.6 cm³/mol. The molecular formula is C12H18N2S2. The van der Waals surface area contributed by atoms with E-state index >= 15 is 0 Å². The van der Waals surface area contributed by atoms with Crippen LogP contribution in [0.25, 0.3) is 9.40 Å². The maximum absolute atomic E-state index is 3.50. The summed E-state index contributed by atoms with van der Waals surface area (Å²) >= 11 is 3.74. The van der Waals surface area contributed by atoms with Crippen molar-refractivity contribution in [2.24, 2.45) is 0 Å². The van der Waals surface area contributed by atoms with Gasteiger partial charge < -0.3 is 10.2 Å². The van der Waals surface area contributed by atoms with Gasteiger partial charge in [-0.2, -0.15) is 0 Å². The minimum Gasteiger partial charge on any atom is -0.312 e. The fourth-order valence-corrected chi connectivity index (χ4v) is 3.74. The zero-order chi connectivity index (χ0) is 11.4. The number of thiophene rings is 2. The molecule has 2 nitrogen and oxygen atoms in total. The molecule has 4 heteroatoms. The first-order valence-corrected chi connectivity index (χ1v) is 7.26. The first-order chi connectivity index (χ1) is 7.75. The molecule has 0 unspecified atom stereocenters. The second-order valence-electron chi connectivity index (χ2n) is 4.20. The third kappa shape index (κ3) is 3.28. The van der Waals surface area contributed by atoms with Crippen molar-refractivity contribution in [3.8, 4) is 0 Å². The highest BCUT2D eigenvalue weighted by atomic mass is 32.1. The molecule has 0 aromatic carbocycles. The largest absolute Gasteiger partial charge is 0.312 e. The molecule has 0 aliphatic rings. The predicted octanol–water partition coefficient (Wildman–Crippen LogP) is 3.00. The van der Waals surface area contributed by atoms with Crippen molar-refractivity contribution in [3.63, 3.8) is 0 Å². The fourth-order valence-electron chi connectivity index (χ4n) is 1.63. The Hall–Kier alpha value is -0.420. The van der Waals surface area contributed by atoms with Gasteiger partial charge in [-0.25, -0.2) is 0 Å². The summed E-state index contributed by atoms with van der Waals surface area (Å²) in [7, 11) is 4.24. The van der Waals surface area contributed by atoms with Crippen molar-refractivity contribution in [1.29, 1.82) is 0 Å². The Kier molecular flexibility index (Phi) is 4.35. The number of hydrogen-bond donors (Lipinski definition) is 1. The van der Waals surface area contributed by atoms with Gasteiger partial charge in [0, 0.05) is 20.8 Å². The van der Waals surface area contributed by atoms with Crippen LogP contribution in [0, 0.1) is 0 Å². The van der Waals surface area contributed by atoms with E-state index in [4.69, 9.17) is 0 Å². The molecule has 0 aliphatic carbocycles. The molecule has 88 valence electrons. The maximum Gasteiger partial charge on any atom is 0.0453 e. The van der Waals surface area contributed by atoms with Crippen molar-refractivity contribution < 1.29 is 0 Å². The van der Waals surface area contributed by atoms with Crippen molar-refractivity contribution in [2.75, 3.05) is 27.2 Å². The first-order valence-electron chi connectivity index (χ1n) is 5.57. The minimum absolute atomic E-state index is 1.01. The third-order valence-corrected chi connectivity index (χ3v) is 4.54. The van der Waals surface area contributed by atoms with E-state index in [0.29, 0.717) is 0 Å². The molecule has 2 aromatic heterocycles. The summed E-state index contributed by atoms with van der Waals surface area (Å²) in [5.74, 6) is 0. The lowest BCUT2D eigenvalue weighted by molar-refractivity contribution is 0.394. The molecule has 1 N–H and O–H groups in total. The van der Waals surface area contributed by atoms with E-state index < -0.39 is 0 Å². The lowest BCUT2D eigenvalue weighted by atomic mass is 10.4. The van der Waals surface area contributed by atoms with Gasteiger partial charge in [0.2, 0.25) is 0 Å². The van der Waals surface area contributed by atoms with Crippen LogP contribution in [0.4, 0.5) is 0 Å². The molecule has 2 aromatic rings. The molecule has 0 saturated heterocycles. The number of nitrogens with one attached hydrogen (secondary N) is 1. The summed E-state index contributed by atoms with van der Waals surface area (Å²) in [6.45, 7) is 3.27. The molecule has 0 saturated carbocycles. The van der Waals surface area contributed by atoms with E-state index in [-0.39, 0.29) is 0 Å². The van der Waals surface area contributed by atoms with Gasteiger partial charge in [-0.15, -0.1) is 22.7 Å². The van der Waals surface area contributed by atoms with Crippen molar-refractivity contribution >= 4 is 32.1 Å². The molecule has 0 spiro atoms. The van der Waals surface area contributed by atoms with E-state index in [0.717, 1.165) is 19.6 Å². The van der Waals surface area contributed by atoms with Gasteiger partial charge in [0.25, 0.3) is 0 Å². The molecule has 2 rings (SSSR count). The van der Waals surface area contributed by atoms with Crippen LogP contribution in [0.1, 0.15) is 11.3 Å². The molecule has 0 aliphatic heterocycles. The zero-order valence-electron chi connectivity index (χ0n) is 9.82. The van der Waals surface area contributed by atoms with Crippen molar-refractivity contribution in [3.05, 3.63) is 22.4 Å². The highest BCUT2D eigenvalue weighted by Gasteiger charge is 2.01. The fraction of sp³-hybridized carbons (Fsp3) is 0.500. The standard InChI is InChI=1S/C12H18N2S2/c1-14(2)6-3-5-13-9-10-8-12-11(16-10)4-7-15-12/h4,7-8,13H,3,5-6,9H2,1-2H3. The summed E-state index contributed by atoms with van der Waals surface area (Å²) in [6, 6.07) is 4.52. The second-order valence-corrected chi connectivity index (χ2v) is 6.31. The van der Waals surface area contributed by atoms with Gasteiger partial charge in [0.15, 0.2) is 0 Å². The van der Waals surface area contributed by atoms with E-state index in [1.165, 1.54) is 20.7 Å². The van der Waals surface area contributed by atoms with Crippen molar-refractivity contribution in [1.82, 2.24) is 10.2 Å². The third-order valence-electron chi connectivity index (χ3n) is 2.45. The van der Waals surface area contributed by atoms with Crippen LogP contribution in [0.3, 0.4) is 0 Å². The minimum atomic E-state index is 1.01. The molecule has 0 bridgehead atoms. The van der Waals surface area contributed by atoms with E-state index in [2.05, 4.69) is 41.8 Å². The monoisotopic (exact) mass is 254 g/mol. The van der Waals surface area contributed by atoms with Gasteiger partial charge in [-0.1, -0.05) is 0 Å². The second kappa shape index (κ2) is 5.77. The van der Waals surface area contributed by atoms with Crippen LogP contribution >= 0.6 is 22.7 Å². The van der Waals surface area contributed by atoms with Crippen LogP contribution < -0.4 is 5.32 Å². The number of nitrogens with zero attached hydrogens (tertiary/aromatic N) is 1. The van der Waals surface area contributed by atoms with Gasteiger partial charge >= 0.3 is 0 Å². The Morgan fingerprint density at radius 3 is 2.94 bits per heavy atom. The number of hydrogen-bond acceptors (Lipinski definition) is 4. The quantitative estimate of drug-likeness (QED) is 0.797. The Morgan fingerprint density at radius 1 is 1.31 bits per heavy atom. The van der Waals surface area contributed by atoms with Gasteiger partial charge in [-0.05, 0) is 51.1 Å². The highest BCUT2D eigenvalue weighted by Crippen LogP contribution is 2.29. The van der Waals surface area contributed by atoms with Crippen LogP contribution in [0.2, 0.25) is 0 Å². The van der Waals surface area contributed by atoms with E-state index in [1.807, 2.05) is 22.7 Å². The maximum atomic E-state index is 3.50. The Labute approximate surface area is 105 Å². The Bertz CT molecular complexity index is 402. The summed E-state index contributed by atoms with van der Waals surface area (Å²) < 4.78 is 2.85. The topological polar surface area (TPSA) is 15.3 Å². The molecule has 0 radical (unpaired) electrons. The number of rotatable bonds is 6. The van der Waals surface area contributed by atoms with Gasteiger partial charge in [0.05, 0.1) is 0 Å². The van der Waals surface area contributed by atoms with Crippen LogP contribution in [0.5, 0.6) is 0 Å². The van der Waals surface area contributed by atoms with Gasteiger partial charge in [-0.3, -0.25) is 0 Å². The molecule has 16 heavy (non-hydrogen) atoms. The smallest absolute Gasteiger partial charge is 0.0453 e. The zero-order valence-corrected chi connectivity index (χ0v) is 11.5. The highest BCUT2D eigenvalue weighted by molar-refractivity contribution is 7.26. The molecule has 0 amide bonds. The van der Waals surface area contributed by atoms with Crippen LogP contribution in [-0.4, -0.2) is 32.1 Å². The molecule has 0 fully saturated rings. The summed E-state index contributed by atoms with van der Waals surface area (Å²) in [6.07, 6.45) is 1.22. The van der Waals surface area contributed by atoms with Crippen LogP contribution in [0.15, 0.2) is 17.5 Å². The average molecular weight is 254 g/mol. The lowest BCUT2D eigenvalue weighted by Crippen LogP contribution is -2.20. The SMILES string of the molecule is CN(C)CCCNCc1cc2sccc2s1. The summed E-state index contributed by atoms with van der Waals surface area (Å²) in [5, 5.41) is 5.66. The Morgan fingerprint density at radius 2 is 2.19 bits per heavy atom. The normalized spacial score (nSPS) is 11.7. The van der Waals surface area contributed by atoms with Crippen molar-refractivity contribution in [2.45, 2.75) is 13.0 Å². The van der Waals surface area contributed by atoms with E-state index in [1.54, 1.807) is 0 Å². The molecule has 2 heterocycles.